The summed E-state index contributed by atoms with van der Waals surface area (Å²) in [4.78, 5) is 15.6. The average molecular weight is 247 g/mol. The van der Waals surface area contributed by atoms with Crippen molar-refractivity contribution in [1.82, 2.24) is 14.8 Å². The van der Waals surface area contributed by atoms with E-state index in [1.54, 1.807) is 31.2 Å². The quantitative estimate of drug-likeness (QED) is 0.837. The molecule has 7 heteroatoms. The van der Waals surface area contributed by atoms with Crippen LogP contribution in [0, 0.1) is 5.82 Å². The summed E-state index contributed by atoms with van der Waals surface area (Å²) in [5, 5.41) is 9.11. The topological polar surface area (TPSA) is 71.8 Å². The molecule has 1 aliphatic rings. The van der Waals surface area contributed by atoms with Crippen LogP contribution in [0.3, 0.4) is 0 Å². The number of aromatic nitrogens is 3. The van der Waals surface area contributed by atoms with Crippen molar-refractivity contribution in [3.8, 4) is 11.3 Å². The molecule has 0 saturated carbocycles. The van der Waals surface area contributed by atoms with Crippen LogP contribution in [0.25, 0.3) is 11.3 Å². The third kappa shape index (κ3) is 1.30. The van der Waals surface area contributed by atoms with Gasteiger partial charge >= 0.3 is 0 Å². The summed E-state index contributed by atoms with van der Waals surface area (Å²) < 4.78 is 15.4. The minimum absolute atomic E-state index is 0.104. The van der Waals surface area contributed by atoms with Gasteiger partial charge in [-0.3, -0.25) is 9.48 Å². The highest BCUT2D eigenvalue weighted by atomic mass is 19.1. The predicted molar refractivity (Wildman–Crippen MR) is 63.9 cm³/mol. The lowest BCUT2D eigenvalue weighted by atomic mass is 10.00. The average Bonchev–Trinajstić information content (AvgIpc) is 2.76. The molecule has 92 valence electrons. The molecule has 6 nitrogen and oxygen atoms in total. The Hall–Kier alpha value is -2.44. The molecule has 0 spiro atoms. The van der Waals surface area contributed by atoms with Gasteiger partial charge in [0.1, 0.15) is 0 Å². The second-order valence-electron chi connectivity index (χ2n) is 3.98. The summed E-state index contributed by atoms with van der Waals surface area (Å²) in [7, 11) is 3.34. The van der Waals surface area contributed by atoms with Crippen LogP contribution < -0.4 is 10.6 Å². The molecule has 0 bridgehead atoms. The number of halogens is 1. The summed E-state index contributed by atoms with van der Waals surface area (Å²) in [6, 6.07) is 0. The van der Waals surface area contributed by atoms with E-state index >= 15 is 0 Å². The van der Waals surface area contributed by atoms with Gasteiger partial charge in [0.2, 0.25) is 0 Å². The Bertz CT molecular complexity index is 664. The first-order chi connectivity index (χ1) is 8.61. The third-order valence-electron chi connectivity index (χ3n) is 2.82. The summed E-state index contributed by atoms with van der Waals surface area (Å²) >= 11 is 0. The standard InChI is InChI=1S/C11H10FN5O/c1-13-10-7(12)9-6(11(18)16-9)8(15-10)5-3-14-17(2)4-5/h3-4H,1-2H3,(H,13,15)(H,16,18). The lowest BCUT2D eigenvalue weighted by molar-refractivity contribution is 0.101. The zero-order chi connectivity index (χ0) is 12.9. The number of fused-ring (bicyclic) bond motifs is 1. The molecule has 18 heavy (non-hydrogen) atoms. The molecular weight excluding hydrogens is 237 g/mol. The number of hydrogen-bond acceptors (Lipinski definition) is 4. The molecule has 0 fully saturated rings. The summed E-state index contributed by atoms with van der Waals surface area (Å²) in [6.45, 7) is 0. The van der Waals surface area contributed by atoms with E-state index in [-0.39, 0.29) is 23.0 Å². The first-order valence-electron chi connectivity index (χ1n) is 5.33. The number of amides is 1. The third-order valence-corrected chi connectivity index (χ3v) is 2.82. The van der Waals surface area contributed by atoms with Gasteiger partial charge in [0, 0.05) is 25.9 Å². The van der Waals surface area contributed by atoms with Crippen molar-refractivity contribution < 1.29 is 9.18 Å². The van der Waals surface area contributed by atoms with Crippen molar-refractivity contribution in [3.63, 3.8) is 0 Å². The van der Waals surface area contributed by atoms with Crippen molar-refractivity contribution in [3.05, 3.63) is 23.8 Å². The Balaban J connectivity index is 2.26. The molecule has 0 atom stereocenters. The molecule has 1 aliphatic heterocycles. The first kappa shape index (κ1) is 10.7. The van der Waals surface area contributed by atoms with Crippen LogP contribution in [0.4, 0.5) is 15.9 Å². The fraction of sp³-hybridized carbons (Fsp3) is 0.182. The van der Waals surface area contributed by atoms with E-state index in [1.165, 1.54) is 0 Å². The van der Waals surface area contributed by atoms with Crippen LogP contribution in [0.1, 0.15) is 10.4 Å². The number of pyridine rings is 1. The second kappa shape index (κ2) is 3.52. The Morgan fingerprint density at radius 1 is 1.50 bits per heavy atom. The zero-order valence-corrected chi connectivity index (χ0v) is 9.78. The maximum atomic E-state index is 13.8. The number of anilines is 2. The molecule has 2 N–H and O–H groups in total. The first-order valence-corrected chi connectivity index (χ1v) is 5.33. The van der Waals surface area contributed by atoms with Gasteiger partial charge in [-0.1, -0.05) is 0 Å². The van der Waals surface area contributed by atoms with Gasteiger partial charge in [0.15, 0.2) is 11.6 Å². The van der Waals surface area contributed by atoms with Gasteiger partial charge in [-0.05, 0) is 0 Å². The SMILES string of the molecule is CNc1nc(-c2cnn(C)c2)c2c(c1F)NC2=O. The smallest absolute Gasteiger partial charge is 0.260 e. The Labute approximate surface area is 102 Å². The Kier molecular flexibility index (Phi) is 2.09. The van der Waals surface area contributed by atoms with E-state index in [0.29, 0.717) is 11.3 Å². The van der Waals surface area contributed by atoms with Crippen molar-refractivity contribution >= 4 is 17.4 Å². The molecule has 0 aliphatic carbocycles. The molecule has 2 aromatic heterocycles. The van der Waals surface area contributed by atoms with Crippen molar-refractivity contribution in [2.24, 2.45) is 7.05 Å². The second-order valence-corrected chi connectivity index (χ2v) is 3.98. The van der Waals surface area contributed by atoms with Crippen molar-refractivity contribution in [2.45, 2.75) is 0 Å². The van der Waals surface area contributed by atoms with Crippen LogP contribution >= 0.6 is 0 Å². The summed E-state index contributed by atoms with van der Waals surface area (Å²) in [6.07, 6.45) is 3.32. The minimum atomic E-state index is -0.542. The fourth-order valence-corrected chi connectivity index (χ4v) is 1.93. The van der Waals surface area contributed by atoms with E-state index in [4.69, 9.17) is 0 Å². The number of carbonyl (C=O) groups is 1. The molecule has 0 radical (unpaired) electrons. The zero-order valence-electron chi connectivity index (χ0n) is 9.78. The van der Waals surface area contributed by atoms with E-state index in [9.17, 15) is 9.18 Å². The molecule has 3 rings (SSSR count). The molecule has 1 amide bonds. The van der Waals surface area contributed by atoms with E-state index in [2.05, 4.69) is 20.7 Å². The summed E-state index contributed by atoms with van der Waals surface area (Å²) in [5.41, 5.74) is 1.59. The van der Waals surface area contributed by atoms with Crippen molar-refractivity contribution in [1.29, 1.82) is 0 Å². The van der Waals surface area contributed by atoms with Crippen LogP contribution in [-0.4, -0.2) is 27.7 Å². The number of carbonyl (C=O) groups excluding carboxylic acids is 1. The van der Waals surface area contributed by atoms with Gasteiger partial charge in [-0.25, -0.2) is 9.37 Å². The van der Waals surface area contributed by atoms with Gasteiger partial charge in [0.05, 0.1) is 23.1 Å². The number of nitrogens with one attached hydrogen (secondary N) is 2. The van der Waals surface area contributed by atoms with E-state index < -0.39 is 5.82 Å². The molecular formula is C11H10FN5O. The molecule has 0 saturated heterocycles. The molecule has 2 aromatic rings. The Morgan fingerprint density at radius 3 is 2.83 bits per heavy atom. The highest BCUT2D eigenvalue weighted by Crippen LogP contribution is 2.38. The highest BCUT2D eigenvalue weighted by Gasteiger charge is 2.33. The Morgan fingerprint density at radius 2 is 2.28 bits per heavy atom. The molecule has 0 unspecified atom stereocenters. The van der Waals surface area contributed by atoms with E-state index in [1.807, 2.05) is 0 Å². The number of rotatable bonds is 2. The number of aryl methyl sites for hydroxylation is 1. The molecule has 0 aromatic carbocycles. The van der Waals surface area contributed by atoms with Crippen LogP contribution in [0.15, 0.2) is 12.4 Å². The van der Waals surface area contributed by atoms with Gasteiger partial charge < -0.3 is 10.6 Å². The van der Waals surface area contributed by atoms with E-state index in [0.717, 1.165) is 0 Å². The van der Waals surface area contributed by atoms with Gasteiger partial charge in [-0.2, -0.15) is 5.10 Å². The summed E-state index contributed by atoms with van der Waals surface area (Å²) in [5.74, 6) is -0.759. The predicted octanol–water partition coefficient (Wildman–Crippen LogP) is 1.23. The van der Waals surface area contributed by atoms with Crippen LogP contribution in [0.5, 0.6) is 0 Å². The van der Waals surface area contributed by atoms with Crippen LogP contribution in [0.2, 0.25) is 0 Å². The normalized spacial score (nSPS) is 12.7. The van der Waals surface area contributed by atoms with Gasteiger partial charge in [0.25, 0.3) is 5.91 Å². The van der Waals surface area contributed by atoms with Gasteiger partial charge in [-0.15, -0.1) is 0 Å². The highest BCUT2D eigenvalue weighted by molar-refractivity contribution is 6.21. The van der Waals surface area contributed by atoms with Crippen molar-refractivity contribution in [2.75, 3.05) is 17.7 Å². The minimum Gasteiger partial charge on any atom is -0.371 e. The van der Waals surface area contributed by atoms with Crippen LogP contribution in [-0.2, 0) is 7.05 Å². The number of nitrogens with zero attached hydrogens (tertiary/aromatic N) is 3. The maximum Gasteiger partial charge on any atom is 0.260 e. The monoisotopic (exact) mass is 247 g/mol. The lowest BCUT2D eigenvalue weighted by Gasteiger charge is -2.23. The number of hydrogen-bond donors (Lipinski definition) is 2. The lowest BCUT2D eigenvalue weighted by Crippen LogP contribution is -2.28. The molecule has 3 heterocycles. The largest absolute Gasteiger partial charge is 0.371 e. The maximum absolute atomic E-state index is 13.8. The fourth-order valence-electron chi connectivity index (χ4n) is 1.93.